The van der Waals surface area contributed by atoms with Crippen LogP contribution in [0.1, 0.15) is 37.8 Å². The second kappa shape index (κ2) is 14.6. The molecule has 3 aromatic carbocycles. The molecule has 220 valence electrons. The number of rotatable bonds is 14. The molecule has 0 aromatic heterocycles. The van der Waals surface area contributed by atoms with Gasteiger partial charge < -0.3 is 15.0 Å². The molecular formula is C31H38FN3O5S. The molecule has 0 aliphatic heterocycles. The molecule has 41 heavy (non-hydrogen) atoms. The van der Waals surface area contributed by atoms with Crippen molar-refractivity contribution in [3.63, 3.8) is 0 Å². The molecule has 0 aliphatic rings. The first-order valence-corrected chi connectivity index (χ1v) is 15.3. The van der Waals surface area contributed by atoms with Crippen LogP contribution in [0.2, 0.25) is 0 Å². The summed E-state index contributed by atoms with van der Waals surface area (Å²) in [4.78, 5) is 28.9. The van der Waals surface area contributed by atoms with Crippen LogP contribution < -0.4 is 14.4 Å². The maximum atomic E-state index is 13.8. The Kier molecular flexibility index (Phi) is 11.3. The van der Waals surface area contributed by atoms with Gasteiger partial charge in [0.25, 0.3) is 0 Å². The molecule has 0 unspecified atom stereocenters. The number of hydrogen-bond donors (Lipinski definition) is 1. The second-order valence-corrected chi connectivity index (χ2v) is 12.1. The van der Waals surface area contributed by atoms with Crippen molar-refractivity contribution < 1.29 is 27.1 Å². The number of ether oxygens (including phenoxy) is 1. The minimum atomic E-state index is -3.68. The molecule has 0 bridgehead atoms. The van der Waals surface area contributed by atoms with Gasteiger partial charge in [-0.05, 0) is 67.8 Å². The normalized spacial score (nSPS) is 12.0. The number of hydrogen-bond acceptors (Lipinski definition) is 5. The molecule has 0 fully saturated rings. The number of amides is 2. The Hall–Kier alpha value is -3.92. The second-order valence-electron chi connectivity index (χ2n) is 10.2. The summed E-state index contributed by atoms with van der Waals surface area (Å²) in [5.74, 6) is -0.414. The Morgan fingerprint density at radius 1 is 0.951 bits per heavy atom. The average molecular weight is 584 g/mol. The smallest absolute Gasteiger partial charge is 0.243 e. The fraction of sp³-hybridized carbons (Fsp3) is 0.355. The van der Waals surface area contributed by atoms with E-state index in [1.807, 2.05) is 62.4 Å². The number of nitrogens with one attached hydrogen (secondary N) is 1. The largest absolute Gasteiger partial charge is 0.497 e. The SMILES string of the molecule is COc1cccc(CN(C(=O)CCCN(c2ccc(F)cc2)S(C)(=O)=O)[C@H](Cc2ccccc2)C(=O)NC(C)C)c1. The number of nitrogens with zero attached hydrogens (tertiary/aromatic N) is 2. The van der Waals surface area contributed by atoms with Crippen molar-refractivity contribution >= 4 is 27.5 Å². The zero-order chi connectivity index (χ0) is 30.0. The molecule has 0 spiro atoms. The highest BCUT2D eigenvalue weighted by atomic mass is 32.2. The summed E-state index contributed by atoms with van der Waals surface area (Å²) in [6, 6.07) is 21.0. The van der Waals surface area contributed by atoms with E-state index in [2.05, 4.69) is 5.32 Å². The number of benzene rings is 3. The standard InChI is InChI=1S/C31H38FN3O5S/c1-23(2)33-31(37)29(21-24-10-6-5-7-11-24)34(22-25-12-8-13-28(20-25)40-3)30(36)14-9-19-35(41(4,38)39)27-17-15-26(32)16-18-27/h5-8,10-13,15-18,20,23,29H,9,14,19,21-22H2,1-4H3,(H,33,37)/t29-/m1/s1. The van der Waals surface area contributed by atoms with Crippen LogP contribution in [-0.2, 0) is 32.6 Å². The van der Waals surface area contributed by atoms with Gasteiger partial charge in [-0.25, -0.2) is 12.8 Å². The molecule has 3 aromatic rings. The zero-order valence-corrected chi connectivity index (χ0v) is 24.7. The molecule has 3 rings (SSSR count). The Bertz CT molecular complexity index is 1400. The van der Waals surface area contributed by atoms with Gasteiger partial charge in [0.05, 0.1) is 19.1 Å². The van der Waals surface area contributed by atoms with Gasteiger partial charge in [-0.15, -0.1) is 0 Å². The molecule has 8 nitrogen and oxygen atoms in total. The number of methoxy groups -OCH3 is 1. The van der Waals surface area contributed by atoms with Crippen LogP contribution in [0.25, 0.3) is 0 Å². The monoisotopic (exact) mass is 583 g/mol. The lowest BCUT2D eigenvalue weighted by atomic mass is 10.0. The van der Waals surface area contributed by atoms with E-state index in [0.717, 1.165) is 21.7 Å². The van der Waals surface area contributed by atoms with Gasteiger partial charge in [-0.2, -0.15) is 0 Å². The highest BCUT2D eigenvalue weighted by molar-refractivity contribution is 7.92. The highest BCUT2D eigenvalue weighted by Gasteiger charge is 2.31. The molecule has 0 aliphatic carbocycles. The predicted octanol–water partition coefficient (Wildman–Crippen LogP) is 4.55. The lowest BCUT2D eigenvalue weighted by Gasteiger charge is -2.32. The zero-order valence-electron chi connectivity index (χ0n) is 23.9. The fourth-order valence-electron chi connectivity index (χ4n) is 4.51. The Morgan fingerprint density at radius 2 is 1.61 bits per heavy atom. The summed E-state index contributed by atoms with van der Waals surface area (Å²) in [7, 11) is -2.12. The first-order chi connectivity index (χ1) is 19.5. The van der Waals surface area contributed by atoms with Crippen LogP contribution in [0.3, 0.4) is 0 Å². The molecule has 0 saturated carbocycles. The Balaban J connectivity index is 1.89. The van der Waals surface area contributed by atoms with Gasteiger partial charge >= 0.3 is 0 Å². The molecule has 10 heteroatoms. The lowest BCUT2D eigenvalue weighted by Crippen LogP contribution is -2.51. The maximum Gasteiger partial charge on any atom is 0.243 e. The van der Waals surface area contributed by atoms with Crippen molar-refractivity contribution in [1.29, 1.82) is 0 Å². The minimum Gasteiger partial charge on any atom is -0.497 e. The fourth-order valence-corrected chi connectivity index (χ4v) is 5.48. The summed E-state index contributed by atoms with van der Waals surface area (Å²) in [5, 5.41) is 2.95. The van der Waals surface area contributed by atoms with Crippen molar-refractivity contribution in [2.24, 2.45) is 0 Å². The number of carbonyl (C=O) groups excluding carboxylic acids is 2. The maximum absolute atomic E-state index is 13.8. The molecule has 2 amide bonds. The average Bonchev–Trinajstić information content (AvgIpc) is 2.93. The molecule has 0 saturated heterocycles. The van der Waals surface area contributed by atoms with E-state index >= 15 is 0 Å². The van der Waals surface area contributed by atoms with Crippen molar-refractivity contribution in [1.82, 2.24) is 10.2 Å². The lowest BCUT2D eigenvalue weighted by molar-refractivity contribution is -0.141. The van der Waals surface area contributed by atoms with E-state index < -0.39 is 21.9 Å². The summed E-state index contributed by atoms with van der Waals surface area (Å²) >= 11 is 0. The third-order valence-corrected chi connectivity index (χ3v) is 7.65. The van der Waals surface area contributed by atoms with Crippen molar-refractivity contribution in [3.05, 3.63) is 95.8 Å². The van der Waals surface area contributed by atoms with Gasteiger partial charge in [0.1, 0.15) is 17.6 Å². The molecule has 0 heterocycles. The van der Waals surface area contributed by atoms with Crippen LogP contribution >= 0.6 is 0 Å². The number of sulfonamides is 1. The number of anilines is 1. The van der Waals surface area contributed by atoms with Gasteiger partial charge in [-0.3, -0.25) is 13.9 Å². The van der Waals surface area contributed by atoms with Crippen LogP contribution in [0.15, 0.2) is 78.9 Å². The Morgan fingerprint density at radius 3 is 2.22 bits per heavy atom. The van der Waals surface area contributed by atoms with Crippen LogP contribution in [0, 0.1) is 5.82 Å². The quantitative estimate of drug-likeness (QED) is 0.301. The van der Waals surface area contributed by atoms with Gasteiger partial charge in [-0.1, -0.05) is 42.5 Å². The Labute approximate surface area is 242 Å². The first-order valence-electron chi connectivity index (χ1n) is 13.5. The minimum absolute atomic E-state index is 0.00255. The van der Waals surface area contributed by atoms with Crippen LogP contribution in [0.5, 0.6) is 5.75 Å². The van der Waals surface area contributed by atoms with Gasteiger partial charge in [0, 0.05) is 32.0 Å². The topological polar surface area (TPSA) is 96.0 Å². The van der Waals surface area contributed by atoms with Crippen molar-refractivity contribution in [2.75, 3.05) is 24.2 Å². The van der Waals surface area contributed by atoms with E-state index in [1.165, 1.54) is 24.3 Å². The molecule has 0 radical (unpaired) electrons. The molecular weight excluding hydrogens is 545 g/mol. The number of halogens is 1. The van der Waals surface area contributed by atoms with E-state index in [-0.39, 0.29) is 43.8 Å². The van der Waals surface area contributed by atoms with E-state index in [4.69, 9.17) is 4.74 Å². The third-order valence-electron chi connectivity index (χ3n) is 6.46. The van der Waals surface area contributed by atoms with E-state index in [0.29, 0.717) is 17.9 Å². The van der Waals surface area contributed by atoms with Crippen molar-refractivity contribution in [2.45, 2.75) is 51.7 Å². The van der Waals surface area contributed by atoms with E-state index in [1.54, 1.807) is 18.1 Å². The first kappa shape index (κ1) is 31.6. The molecule has 1 atom stereocenters. The summed E-state index contributed by atoms with van der Waals surface area (Å²) in [6.07, 6.45) is 1.57. The molecule has 1 N–H and O–H groups in total. The highest BCUT2D eigenvalue weighted by Crippen LogP contribution is 2.22. The number of carbonyl (C=O) groups is 2. The summed E-state index contributed by atoms with van der Waals surface area (Å²) in [6.45, 7) is 3.90. The summed E-state index contributed by atoms with van der Waals surface area (Å²) < 4.78 is 45.0. The predicted molar refractivity (Wildman–Crippen MR) is 159 cm³/mol. The van der Waals surface area contributed by atoms with E-state index in [9.17, 15) is 22.4 Å². The van der Waals surface area contributed by atoms with Crippen LogP contribution in [-0.4, -0.2) is 57.1 Å². The van der Waals surface area contributed by atoms with Gasteiger partial charge in [0.2, 0.25) is 21.8 Å². The van der Waals surface area contributed by atoms with Gasteiger partial charge in [0.15, 0.2) is 0 Å². The summed E-state index contributed by atoms with van der Waals surface area (Å²) in [5.41, 5.74) is 2.00. The third kappa shape index (κ3) is 9.60. The van der Waals surface area contributed by atoms with Crippen LogP contribution in [0.4, 0.5) is 10.1 Å². The van der Waals surface area contributed by atoms with Crippen molar-refractivity contribution in [3.8, 4) is 5.75 Å².